The molecule has 0 aromatic carbocycles. The van der Waals surface area contributed by atoms with Crippen molar-refractivity contribution in [3.63, 3.8) is 0 Å². The van der Waals surface area contributed by atoms with Crippen molar-refractivity contribution >= 4 is 5.82 Å². The van der Waals surface area contributed by atoms with Gasteiger partial charge in [-0.25, -0.2) is 9.78 Å². The van der Waals surface area contributed by atoms with Gasteiger partial charge in [-0.3, -0.25) is 9.13 Å². The average molecular weight is 260 g/mol. The number of hydrogen-bond acceptors (Lipinski definition) is 3. The summed E-state index contributed by atoms with van der Waals surface area (Å²) in [6.07, 6.45) is 5.42. The van der Waals surface area contributed by atoms with Gasteiger partial charge in [0.2, 0.25) is 0 Å². The second kappa shape index (κ2) is 5.73. The monoisotopic (exact) mass is 260 g/mol. The van der Waals surface area contributed by atoms with E-state index in [0.717, 1.165) is 17.9 Å². The molecule has 2 heterocycles. The molecule has 0 unspecified atom stereocenters. The molecule has 5 heteroatoms. The SMILES string of the molecule is CCNc1cc(Cn2ccn(C(C)C)c2=O)ccn1. The van der Waals surface area contributed by atoms with Crippen molar-refractivity contribution in [3.05, 3.63) is 46.8 Å². The molecule has 0 aliphatic rings. The number of hydrogen-bond donors (Lipinski definition) is 1. The van der Waals surface area contributed by atoms with Crippen LogP contribution in [0.5, 0.6) is 0 Å². The van der Waals surface area contributed by atoms with E-state index in [9.17, 15) is 4.79 Å². The number of pyridine rings is 1. The molecular weight excluding hydrogens is 240 g/mol. The molecule has 0 aliphatic heterocycles. The average Bonchev–Trinajstić information content (AvgIpc) is 2.72. The summed E-state index contributed by atoms with van der Waals surface area (Å²) in [4.78, 5) is 16.3. The molecule has 0 bridgehead atoms. The Morgan fingerprint density at radius 3 is 2.79 bits per heavy atom. The highest BCUT2D eigenvalue weighted by Crippen LogP contribution is 2.08. The smallest absolute Gasteiger partial charge is 0.328 e. The van der Waals surface area contributed by atoms with E-state index in [1.54, 1.807) is 15.3 Å². The lowest BCUT2D eigenvalue weighted by Crippen LogP contribution is -2.25. The molecular formula is C14H20N4O. The number of nitrogens with one attached hydrogen (secondary N) is 1. The Bertz CT molecular complexity index is 597. The zero-order valence-electron chi connectivity index (χ0n) is 11.6. The highest BCUT2D eigenvalue weighted by atomic mass is 16.1. The van der Waals surface area contributed by atoms with Crippen LogP contribution in [0.2, 0.25) is 0 Å². The van der Waals surface area contributed by atoms with Crippen molar-refractivity contribution in [1.82, 2.24) is 14.1 Å². The number of anilines is 1. The highest BCUT2D eigenvalue weighted by Gasteiger charge is 2.06. The fraction of sp³-hybridized carbons (Fsp3) is 0.429. The molecule has 0 fully saturated rings. The third kappa shape index (κ3) is 3.05. The first kappa shape index (κ1) is 13.4. The van der Waals surface area contributed by atoms with Gasteiger partial charge in [0.05, 0.1) is 6.54 Å². The Morgan fingerprint density at radius 1 is 1.37 bits per heavy atom. The van der Waals surface area contributed by atoms with E-state index in [1.807, 2.05) is 45.3 Å². The summed E-state index contributed by atoms with van der Waals surface area (Å²) in [6.45, 7) is 7.43. The van der Waals surface area contributed by atoms with E-state index in [0.29, 0.717) is 6.54 Å². The topological polar surface area (TPSA) is 51.9 Å². The van der Waals surface area contributed by atoms with Crippen LogP contribution in [0.4, 0.5) is 5.82 Å². The first-order chi connectivity index (χ1) is 9.11. The number of imidazole rings is 1. The molecule has 1 N–H and O–H groups in total. The quantitative estimate of drug-likeness (QED) is 0.895. The van der Waals surface area contributed by atoms with Crippen LogP contribution in [0.25, 0.3) is 0 Å². The molecule has 2 rings (SSSR count). The second-order valence-electron chi connectivity index (χ2n) is 4.79. The lowest BCUT2D eigenvalue weighted by atomic mass is 10.2. The Kier molecular flexibility index (Phi) is 4.04. The van der Waals surface area contributed by atoms with Crippen LogP contribution in [-0.4, -0.2) is 20.7 Å². The Morgan fingerprint density at radius 2 is 2.16 bits per heavy atom. The summed E-state index contributed by atoms with van der Waals surface area (Å²) < 4.78 is 3.44. The van der Waals surface area contributed by atoms with E-state index in [1.165, 1.54) is 0 Å². The van der Waals surface area contributed by atoms with Gasteiger partial charge in [-0.2, -0.15) is 0 Å². The standard InChI is InChI=1S/C14H20N4O/c1-4-15-13-9-12(5-6-16-13)10-17-7-8-18(11(2)3)14(17)19/h5-9,11H,4,10H2,1-3H3,(H,15,16). The van der Waals surface area contributed by atoms with E-state index >= 15 is 0 Å². The fourth-order valence-corrected chi connectivity index (χ4v) is 1.99. The van der Waals surface area contributed by atoms with Crippen LogP contribution in [0, 0.1) is 0 Å². The third-order valence-corrected chi connectivity index (χ3v) is 2.97. The molecule has 19 heavy (non-hydrogen) atoms. The van der Waals surface area contributed by atoms with Crippen LogP contribution >= 0.6 is 0 Å². The molecule has 0 spiro atoms. The predicted octanol–water partition coefficient (Wildman–Crippen LogP) is 2.11. The van der Waals surface area contributed by atoms with Gasteiger partial charge in [0, 0.05) is 31.2 Å². The Labute approximate surface area is 112 Å². The fourth-order valence-electron chi connectivity index (χ4n) is 1.99. The van der Waals surface area contributed by atoms with E-state index < -0.39 is 0 Å². The number of rotatable bonds is 5. The molecule has 102 valence electrons. The van der Waals surface area contributed by atoms with Crippen LogP contribution in [-0.2, 0) is 6.54 Å². The molecule has 0 saturated carbocycles. The number of aromatic nitrogens is 3. The first-order valence-electron chi connectivity index (χ1n) is 6.58. The zero-order valence-corrected chi connectivity index (χ0v) is 11.6. The van der Waals surface area contributed by atoms with Gasteiger partial charge in [-0.05, 0) is 38.5 Å². The highest BCUT2D eigenvalue weighted by molar-refractivity contribution is 5.37. The van der Waals surface area contributed by atoms with Crippen LogP contribution in [0.3, 0.4) is 0 Å². The van der Waals surface area contributed by atoms with Crippen molar-refractivity contribution < 1.29 is 0 Å². The van der Waals surface area contributed by atoms with Gasteiger partial charge in [0.15, 0.2) is 0 Å². The summed E-state index contributed by atoms with van der Waals surface area (Å²) in [5.41, 5.74) is 1.09. The molecule has 0 amide bonds. The summed E-state index contributed by atoms with van der Waals surface area (Å²) >= 11 is 0. The Balaban J connectivity index is 2.21. The molecule has 5 nitrogen and oxygen atoms in total. The summed E-state index contributed by atoms with van der Waals surface area (Å²) in [7, 11) is 0. The third-order valence-electron chi connectivity index (χ3n) is 2.97. The summed E-state index contributed by atoms with van der Waals surface area (Å²) in [5.74, 6) is 0.844. The molecule has 2 aromatic heterocycles. The maximum atomic E-state index is 12.1. The van der Waals surface area contributed by atoms with Gasteiger partial charge in [-0.1, -0.05) is 0 Å². The van der Waals surface area contributed by atoms with Crippen LogP contribution in [0.15, 0.2) is 35.5 Å². The lowest BCUT2D eigenvalue weighted by molar-refractivity contribution is 0.561. The Hall–Kier alpha value is -2.04. The van der Waals surface area contributed by atoms with Crippen LogP contribution in [0.1, 0.15) is 32.4 Å². The maximum absolute atomic E-state index is 12.1. The van der Waals surface area contributed by atoms with Gasteiger partial charge in [0.25, 0.3) is 0 Å². The van der Waals surface area contributed by atoms with Gasteiger partial charge in [-0.15, -0.1) is 0 Å². The second-order valence-corrected chi connectivity index (χ2v) is 4.79. The van der Waals surface area contributed by atoms with Crippen molar-refractivity contribution in [2.75, 3.05) is 11.9 Å². The van der Waals surface area contributed by atoms with E-state index in [-0.39, 0.29) is 11.7 Å². The summed E-state index contributed by atoms with van der Waals surface area (Å²) in [6, 6.07) is 4.09. The van der Waals surface area contributed by atoms with E-state index in [2.05, 4.69) is 10.3 Å². The minimum atomic E-state index is 0.0248. The van der Waals surface area contributed by atoms with Crippen LogP contribution < -0.4 is 11.0 Å². The predicted molar refractivity (Wildman–Crippen MR) is 76.6 cm³/mol. The summed E-state index contributed by atoms with van der Waals surface area (Å²) in [5, 5.41) is 3.17. The van der Waals surface area contributed by atoms with Gasteiger partial charge in [0.1, 0.15) is 5.82 Å². The maximum Gasteiger partial charge on any atom is 0.328 e. The molecule has 2 aromatic rings. The molecule has 0 saturated heterocycles. The molecule has 0 atom stereocenters. The lowest BCUT2D eigenvalue weighted by Gasteiger charge is -2.07. The normalized spacial score (nSPS) is 10.9. The number of nitrogens with zero attached hydrogens (tertiary/aromatic N) is 3. The van der Waals surface area contributed by atoms with Crippen molar-refractivity contribution in [2.45, 2.75) is 33.4 Å². The minimum absolute atomic E-state index is 0.0248. The molecule has 0 aliphatic carbocycles. The minimum Gasteiger partial charge on any atom is -0.370 e. The van der Waals surface area contributed by atoms with Gasteiger partial charge >= 0.3 is 5.69 Å². The first-order valence-corrected chi connectivity index (χ1v) is 6.58. The largest absolute Gasteiger partial charge is 0.370 e. The van der Waals surface area contributed by atoms with Crippen molar-refractivity contribution in [2.24, 2.45) is 0 Å². The zero-order chi connectivity index (χ0) is 13.8. The van der Waals surface area contributed by atoms with Crippen molar-refractivity contribution in [1.29, 1.82) is 0 Å². The van der Waals surface area contributed by atoms with E-state index in [4.69, 9.17) is 0 Å². The van der Waals surface area contributed by atoms with Gasteiger partial charge < -0.3 is 5.32 Å². The van der Waals surface area contributed by atoms with Crippen molar-refractivity contribution in [3.8, 4) is 0 Å². The molecule has 0 radical (unpaired) electrons.